The number of aryl methyl sites for hydroxylation is 1. The number of hydrogen-bond acceptors (Lipinski definition) is 4. The minimum absolute atomic E-state index is 0.103. The maximum atomic E-state index is 12.1. The van der Waals surface area contributed by atoms with Gasteiger partial charge >= 0.3 is 0 Å². The lowest BCUT2D eigenvalue weighted by molar-refractivity contribution is -0.123. The van der Waals surface area contributed by atoms with Crippen molar-refractivity contribution in [2.45, 2.75) is 11.8 Å². The molecule has 2 aromatic carbocycles. The maximum Gasteiger partial charge on any atom is 0.257 e. The summed E-state index contributed by atoms with van der Waals surface area (Å²) in [5, 5.41) is 2.61. The number of benzene rings is 2. The van der Waals surface area contributed by atoms with Crippen molar-refractivity contribution in [2.75, 3.05) is 19.7 Å². The van der Waals surface area contributed by atoms with Gasteiger partial charge in [-0.1, -0.05) is 17.7 Å². The largest absolute Gasteiger partial charge is 0.484 e. The fourth-order valence-electron chi connectivity index (χ4n) is 1.92. The molecule has 0 spiro atoms. The van der Waals surface area contributed by atoms with Crippen LogP contribution in [0.5, 0.6) is 5.75 Å². The Kier molecular flexibility index (Phi) is 7.21. The Bertz CT molecular complexity index is 806. The van der Waals surface area contributed by atoms with Crippen LogP contribution in [0.3, 0.4) is 0 Å². The zero-order valence-corrected chi connectivity index (χ0v) is 16.6. The van der Waals surface area contributed by atoms with Crippen LogP contribution in [0.25, 0.3) is 0 Å². The monoisotopic (exact) mass is 474 g/mol. The zero-order valence-electron chi connectivity index (χ0n) is 13.7. The third-order valence-corrected chi connectivity index (χ3v) is 5.45. The van der Waals surface area contributed by atoms with E-state index in [9.17, 15) is 13.2 Å². The number of nitrogens with one attached hydrogen (secondary N) is 2. The highest BCUT2D eigenvalue weighted by atomic mass is 127. The highest BCUT2D eigenvalue weighted by Gasteiger charge is 2.12. The van der Waals surface area contributed by atoms with E-state index in [1.807, 2.05) is 19.1 Å². The topological polar surface area (TPSA) is 84.5 Å². The predicted octanol–water partition coefficient (Wildman–Crippen LogP) is 2.07. The molecule has 2 aromatic rings. The third-order valence-electron chi connectivity index (χ3n) is 3.25. The van der Waals surface area contributed by atoms with Crippen molar-refractivity contribution in [3.8, 4) is 5.75 Å². The van der Waals surface area contributed by atoms with E-state index in [1.54, 1.807) is 36.4 Å². The van der Waals surface area contributed by atoms with Crippen molar-refractivity contribution < 1.29 is 17.9 Å². The van der Waals surface area contributed by atoms with E-state index >= 15 is 0 Å². The van der Waals surface area contributed by atoms with Gasteiger partial charge in [0.1, 0.15) is 5.75 Å². The fraction of sp³-hybridized carbons (Fsp3) is 0.235. The summed E-state index contributed by atoms with van der Waals surface area (Å²) >= 11 is 2.18. The van der Waals surface area contributed by atoms with E-state index in [0.717, 1.165) is 9.13 Å². The summed E-state index contributed by atoms with van der Waals surface area (Å²) in [4.78, 5) is 11.9. The van der Waals surface area contributed by atoms with Crippen LogP contribution < -0.4 is 14.8 Å². The lowest BCUT2D eigenvalue weighted by Gasteiger charge is -2.09. The van der Waals surface area contributed by atoms with Gasteiger partial charge < -0.3 is 10.1 Å². The van der Waals surface area contributed by atoms with E-state index in [2.05, 4.69) is 32.6 Å². The van der Waals surface area contributed by atoms with Gasteiger partial charge in [0.05, 0.1) is 4.90 Å². The molecule has 0 atom stereocenters. The number of ether oxygens (including phenoxy) is 1. The predicted molar refractivity (Wildman–Crippen MR) is 104 cm³/mol. The van der Waals surface area contributed by atoms with Crippen molar-refractivity contribution >= 4 is 38.5 Å². The summed E-state index contributed by atoms with van der Waals surface area (Å²) in [6.45, 7) is 2.05. The van der Waals surface area contributed by atoms with Gasteiger partial charge in [0, 0.05) is 16.7 Å². The second-order valence-corrected chi connectivity index (χ2v) is 8.32. The minimum atomic E-state index is -3.57. The Balaban J connectivity index is 1.70. The summed E-state index contributed by atoms with van der Waals surface area (Å²) in [7, 11) is -3.57. The molecule has 0 heterocycles. The van der Waals surface area contributed by atoms with E-state index in [-0.39, 0.29) is 30.5 Å². The van der Waals surface area contributed by atoms with Gasteiger partial charge in [0.25, 0.3) is 5.91 Å². The van der Waals surface area contributed by atoms with Crippen LogP contribution in [-0.4, -0.2) is 34.0 Å². The van der Waals surface area contributed by atoms with Crippen molar-refractivity contribution in [3.63, 3.8) is 0 Å². The summed E-state index contributed by atoms with van der Waals surface area (Å²) in [6, 6.07) is 13.9. The second kappa shape index (κ2) is 9.16. The molecule has 25 heavy (non-hydrogen) atoms. The van der Waals surface area contributed by atoms with E-state index in [1.165, 1.54) is 0 Å². The van der Waals surface area contributed by atoms with Crippen LogP contribution >= 0.6 is 22.6 Å². The van der Waals surface area contributed by atoms with Crippen LogP contribution in [0.1, 0.15) is 5.56 Å². The molecule has 2 rings (SSSR count). The first-order valence-corrected chi connectivity index (χ1v) is 10.1. The Hall–Kier alpha value is -1.65. The lowest BCUT2D eigenvalue weighted by Crippen LogP contribution is -2.36. The number of carbonyl (C=O) groups excluding carboxylic acids is 1. The number of hydrogen-bond donors (Lipinski definition) is 2. The molecule has 0 radical (unpaired) electrons. The van der Waals surface area contributed by atoms with Crippen molar-refractivity contribution in [2.24, 2.45) is 0 Å². The molecule has 0 aliphatic rings. The van der Waals surface area contributed by atoms with Gasteiger partial charge in [-0.05, 0) is 65.9 Å². The minimum Gasteiger partial charge on any atom is -0.484 e. The summed E-state index contributed by atoms with van der Waals surface area (Å²) < 4.78 is 33.0. The van der Waals surface area contributed by atoms with E-state index in [0.29, 0.717) is 5.75 Å². The molecule has 2 N–H and O–H groups in total. The SMILES string of the molecule is Cc1ccc(S(=O)(=O)NCCNC(=O)COc2ccc(I)cc2)cc1. The normalized spacial score (nSPS) is 11.1. The Morgan fingerprint density at radius 2 is 1.68 bits per heavy atom. The molecule has 8 heteroatoms. The molecule has 0 aliphatic carbocycles. The van der Waals surface area contributed by atoms with Crippen LogP contribution in [0.15, 0.2) is 53.4 Å². The van der Waals surface area contributed by atoms with Crippen LogP contribution in [0.2, 0.25) is 0 Å². The van der Waals surface area contributed by atoms with Gasteiger partial charge in [0.2, 0.25) is 10.0 Å². The fourth-order valence-corrected chi connectivity index (χ4v) is 3.31. The van der Waals surface area contributed by atoms with E-state index in [4.69, 9.17) is 4.74 Å². The third kappa shape index (κ3) is 6.63. The van der Waals surface area contributed by atoms with Crippen molar-refractivity contribution in [1.82, 2.24) is 10.0 Å². The van der Waals surface area contributed by atoms with Gasteiger partial charge in [-0.3, -0.25) is 4.79 Å². The van der Waals surface area contributed by atoms with Crippen LogP contribution in [0.4, 0.5) is 0 Å². The second-order valence-electron chi connectivity index (χ2n) is 5.30. The average Bonchev–Trinajstić information content (AvgIpc) is 2.59. The number of rotatable bonds is 8. The first kappa shape index (κ1) is 19.7. The molecular formula is C17H19IN2O4S. The number of carbonyl (C=O) groups is 1. The quantitative estimate of drug-likeness (QED) is 0.454. The van der Waals surface area contributed by atoms with E-state index < -0.39 is 10.0 Å². The Morgan fingerprint density at radius 1 is 1.04 bits per heavy atom. The van der Waals surface area contributed by atoms with Gasteiger partial charge in [-0.15, -0.1) is 0 Å². The molecule has 6 nitrogen and oxygen atoms in total. The zero-order chi connectivity index (χ0) is 18.3. The van der Waals surface area contributed by atoms with Crippen LogP contribution in [-0.2, 0) is 14.8 Å². The smallest absolute Gasteiger partial charge is 0.257 e. The molecule has 0 unspecified atom stereocenters. The molecular weight excluding hydrogens is 455 g/mol. The Morgan fingerprint density at radius 3 is 2.32 bits per heavy atom. The van der Waals surface area contributed by atoms with Gasteiger partial charge in [-0.25, -0.2) is 13.1 Å². The summed E-state index contributed by atoms with van der Waals surface area (Å²) in [6.07, 6.45) is 0. The molecule has 1 amide bonds. The molecule has 0 saturated heterocycles. The molecule has 0 fully saturated rings. The average molecular weight is 474 g/mol. The van der Waals surface area contributed by atoms with Crippen molar-refractivity contribution in [3.05, 3.63) is 57.7 Å². The highest BCUT2D eigenvalue weighted by molar-refractivity contribution is 14.1. The standard InChI is InChI=1S/C17H19IN2O4S/c1-13-2-8-16(9-3-13)25(22,23)20-11-10-19-17(21)12-24-15-6-4-14(18)5-7-15/h2-9,20H,10-12H2,1H3,(H,19,21). The van der Waals surface area contributed by atoms with Crippen molar-refractivity contribution in [1.29, 1.82) is 0 Å². The lowest BCUT2D eigenvalue weighted by atomic mass is 10.2. The number of sulfonamides is 1. The summed E-state index contributed by atoms with van der Waals surface area (Å²) in [5.74, 6) is 0.295. The maximum absolute atomic E-state index is 12.1. The molecule has 134 valence electrons. The van der Waals surface area contributed by atoms with Gasteiger partial charge in [0.15, 0.2) is 6.61 Å². The highest BCUT2D eigenvalue weighted by Crippen LogP contribution is 2.13. The molecule has 0 bridgehead atoms. The molecule has 0 aliphatic heterocycles. The first-order chi connectivity index (χ1) is 11.9. The van der Waals surface area contributed by atoms with Gasteiger partial charge in [-0.2, -0.15) is 0 Å². The number of amides is 1. The number of halogens is 1. The molecule has 0 saturated carbocycles. The van der Waals surface area contributed by atoms with Crippen LogP contribution in [0, 0.1) is 10.5 Å². The first-order valence-electron chi connectivity index (χ1n) is 7.58. The molecule has 0 aromatic heterocycles. The Labute approximate surface area is 161 Å². The summed E-state index contributed by atoms with van der Waals surface area (Å²) in [5.41, 5.74) is 0.986.